The summed E-state index contributed by atoms with van der Waals surface area (Å²) in [5, 5.41) is 3.95. The van der Waals surface area contributed by atoms with Gasteiger partial charge in [0.25, 0.3) is 0 Å². The number of likely N-dealkylation sites (tertiary alicyclic amines) is 1. The molecule has 1 aliphatic heterocycles. The smallest absolute Gasteiger partial charge is 0.0334 e. The van der Waals surface area contributed by atoms with Gasteiger partial charge in [-0.2, -0.15) is 0 Å². The second-order valence-electron chi connectivity index (χ2n) is 8.15. The molecule has 2 nitrogen and oxygen atoms in total. The largest absolute Gasteiger partial charge is 0.312 e. The maximum atomic E-state index is 3.95. The van der Waals surface area contributed by atoms with E-state index in [4.69, 9.17) is 0 Å². The third-order valence-electron chi connectivity index (χ3n) is 6.50. The molecule has 2 heteroatoms. The fourth-order valence-corrected chi connectivity index (χ4v) is 4.86. The van der Waals surface area contributed by atoms with Crippen molar-refractivity contribution in [1.29, 1.82) is 0 Å². The Labute approximate surface area is 132 Å². The highest BCUT2D eigenvalue weighted by molar-refractivity contribution is 4.96. The standard InChI is InChI=1S/C19H36N2/c1-17(15-18-9-8-10-18)20-16-19(11-4-2-5-12-19)21-13-6-3-7-14-21/h17-18,20H,2-16H2,1H3. The van der Waals surface area contributed by atoms with Gasteiger partial charge < -0.3 is 5.32 Å². The summed E-state index contributed by atoms with van der Waals surface area (Å²) in [7, 11) is 0. The lowest BCUT2D eigenvalue weighted by Crippen LogP contribution is -2.58. The van der Waals surface area contributed by atoms with Crippen LogP contribution < -0.4 is 5.32 Å². The molecule has 0 spiro atoms. The van der Waals surface area contributed by atoms with Crippen LogP contribution in [-0.4, -0.2) is 36.1 Å². The zero-order valence-corrected chi connectivity index (χ0v) is 14.2. The van der Waals surface area contributed by atoms with E-state index in [0.717, 1.165) is 12.0 Å². The quantitative estimate of drug-likeness (QED) is 0.783. The van der Waals surface area contributed by atoms with Crippen molar-refractivity contribution < 1.29 is 0 Å². The summed E-state index contributed by atoms with van der Waals surface area (Å²) in [4.78, 5) is 2.87. The summed E-state index contributed by atoms with van der Waals surface area (Å²) >= 11 is 0. The van der Waals surface area contributed by atoms with Crippen LogP contribution in [0.2, 0.25) is 0 Å². The van der Waals surface area contributed by atoms with E-state index in [1.807, 2.05) is 0 Å². The first-order valence-electron chi connectivity index (χ1n) is 9.77. The molecule has 0 radical (unpaired) electrons. The molecule has 1 N–H and O–H groups in total. The number of rotatable bonds is 6. The second-order valence-corrected chi connectivity index (χ2v) is 8.15. The summed E-state index contributed by atoms with van der Waals surface area (Å²) in [6.45, 7) is 6.39. The van der Waals surface area contributed by atoms with E-state index in [1.165, 1.54) is 96.7 Å². The van der Waals surface area contributed by atoms with Gasteiger partial charge in [-0.3, -0.25) is 4.90 Å². The van der Waals surface area contributed by atoms with Gasteiger partial charge >= 0.3 is 0 Å². The lowest BCUT2D eigenvalue weighted by Gasteiger charge is -2.49. The van der Waals surface area contributed by atoms with Crippen LogP contribution in [0.25, 0.3) is 0 Å². The summed E-state index contributed by atoms with van der Waals surface area (Å²) in [6.07, 6.45) is 17.4. The zero-order chi connectivity index (χ0) is 14.5. The number of hydrogen-bond donors (Lipinski definition) is 1. The zero-order valence-electron chi connectivity index (χ0n) is 14.2. The van der Waals surface area contributed by atoms with Gasteiger partial charge in [0.05, 0.1) is 0 Å². The predicted octanol–water partition coefficient (Wildman–Crippen LogP) is 4.34. The second kappa shape index (κ2) is 7.46. The highest BCUT2D eigenvalue weighted by Gasteiger charge is 2.38. The van der Waals surface area contributed by atoms with Gasteiger partial charge in [0.2, 0.25) is 0 Å². The van der Waals surface area contributed by atoms with Gasteiger partial charge in [-0.25, -0.2) is 0 Å². The minimum Gasteiger partial charge on any atom is -0.312 e. The molecule has 1 saturated heterocycles. The van der Waals surface area contributed by atoms with E-state index in [1.54, 1.807) is 0 Å². The fraction of sp³-hybridized carbons (Fsp3) is 1.00. The van der Waals surface area contributed by atoms with E-state index in [0.29, 0.717) is 5.54 Å². The summed E-state index contributed by atoms with van der Waals surface area (Å²) in [5.74, 6) is 1.03. The van der Waals surface area contributed by atoms with Gasteiger partial charge in [0, 0.05) is 18.1 Å². The van der Waals surface area contributed by atoms with E-state index >= 15 is 0 Å². The fourth-order valence-electron chi connectivity index (χ4n) is 4.86. The molecule has 3 rings (SSSR count). The molecular weight excluding hydrogens is 256 g/mol. The van der Waals surface area contributed by atoms with Crippen molar-refractivity contribution in [2.75, 3.05) is 19.6 Å². The van der Waals surface area contributed by atoms with Crippen LogP contribution in [0.4, 0.5) is 0 Å². The Hall–Kier alpha value is -0.0800. The molecule has 0 bridgehead atoms. The normalized spacial score (nSPS) is 29.0. The molecule has 3 aliphatic rings. The molecule has 0 aromatic carbocycles. The van der Waals surface area contributed by atoms with Gasteiger partial charge in [-0.1, -0.05) is 44.9 Å². The molecule has 0 amide bonds. The molecule has 3 fully saturated rings. The Morgan fingerprint density at radius 2 is 1.62 bits per heavy atom. The predicted molar refractivity (Wildman–Crippen MR) is 90.7 cm³/mol. The van der Waals surface area contributed by atoms with Crippen molar-refractivity contribution in [3.8, 4) is 0 Å². The Bertz CT molecular complexity index is 299. The molecule has 0 aromatic rings. The van der Waals surface area contributed by atoms with Crippen molar-refractivity contribution in [2.45, 2.75) is 95.6 Å². The number of piperidine rings is 1. The molecule has 0 aromatic heterocycles. The SMILES string of the molecule is CC(CC1CCC1)NCC1(N2CCCCC2)CCCCC1. The van der Waals surface area contributed by atoms with Crippen LogP contribution in [0.1, 0.15) is 84.0 Å². The first kappa shape index (κ1) is 15.8. The lowest BCUT2D eigenvalue weighted by molar-refractivity contribution is 0.0308. The Morgan fingerprint density at radius 1 is 0.952 bits per heavy atom. The highest BCUT2D eigenvalue weighted by Crippen LogP contribution is 2.36. The topological polar surface area (TPSA) is 15.3 Å². The third-order valence-corrected chi connectivity index (χ3v) is 6.50. The van der Waals surface area contributed by atoms with Crippen LogP contribution in [0.5, 0.6) is 0 Å². The minimum absolute atomic E-state index is 0.506. The van der Waals surface area contributed by atoms with Crippen molar-refractivity contribution in [2.24, 2.45) is 5.92 Å². The number of nitrogens with zero attached hydrogens (tertiary/aromatic N) is 1. The maximum Gasteiger partial charge on any atom is 0.0334 e. The van der Waals surface area contributed by atoms with Crippen LogP contribution in [0.3, 0.4) is 0 Å². The van der Waals surface area contributed by atoms with Gasteiger partial charge in [0.1, 0.15) is 0 Å². The van der Waals surface area contributed by atoms with Crippen molar-refractivity contribution >= 4 is 0 Å². The Kier molecular flexibility index (Phi) is 5.61. The van der Waals surface area contributed by atoms with Crippen LogP contribution >= 0.6 is 0 Å². The van der Waals surface area contributed by atoms with Crippen molar-refractivity contribution in [3.05, 3.63) is 0 Å². The molecule has 122 valence electrons. The molecule has 1 unspecified atom stereocenters. The van der Waals surface area contributed by atoms with E-state index in [-0.39, 0.29) is 0 Å². The van der Waals surface area contributed by atoms with E-state index in [2.05, 4.69) is 17.1 Å². The van der Waals surface area contributed by atoms with Crippen LogP contribution in [0, 0.1) is 5.92 Å². The highest BCUT2D eigenvalue weighted by atomic mass is 15.2. The Morgan fingerprint density at radius 3 is 2.24 bits per heavy atom. The lowest BCUT2D eigenvalue weighted by atomic mass is 9.78. The first-order valence-corrected chi connectivity index (χ1v) is 9.77. The van der Waals surface area contributed by atoms with Crippen molar-refractivity contribution in [3.63, 3.8) is 0 Å². The molecular formula is C19H36N2. The van der Waals surface area contributed by atoms with Gasteiger partial charge in [-0.15, -0.1) is 0 Å². The van der Waals surface area contributed by atoms with Crippen molar-refractivity contribution in [1.82, 2.24) is 10.2 Å². The minimum atomic E-state index is 0.506. The molecule has 1 atom stereocenters. The molecule has 21 heavy (non-hydrogen) atoms. The van der Waals surface area contributed by atoms with Crippen LogP contribution in [0.15, 0.2) is 0 Å². The molecule has 1 heterocycles. The van der Waals surface area contributed by atoms with Gasteiger partial charge in [-0.05, 0) is 58.0 Å². The average Bonchev–Trinajstić information content (AvgIpc) is 2.51. The first-order chi connectivity index (χ1) is 10.3. The maximum absolute atomic E-state index is 3.95. The average molecular weight is 293 g/mol. The summed E-state index contributed by atoms with van der Waals surface area (Å²) < 4.78 is 0. The summed E-state index contributed by atoms with van der Waals surface area (Å²) in [6, 6.07) is 0.721. The number of hydrogen-bond acceptors (Lipinski definition) is 2. The van der Waals surface area contributed by atoms with E-state index in [9.17, 15) is 0 Å². The Balaban J connectivity index is 1.53. The molecule has 2 saturated carbocycles. The third kappa shape index (κ3) is 4.01. The molecule has 2 aliphatic carbocycles. The monoisotopic (exact) mass is 292 g/mol. The van der Waals surface area contributed by atoms with E-state index < -0.39 is 0 Å². The van der Waals surface area contributed by atoms with Crippen LogP contribution in [-0.2, 0) is 0 Å². The summed E-state index contributed by atoms with van der Waals surface area (Å²) in [5.41, 5.74) is 0.506. The number of nitrogens with one attached hydrogen (secondary N) is 1. The van der Waals surface area contributed by atoms with Gasteiger partial charge in [0.15, 0.2) is 0 Å².